The third-order valence-corrected chi connectivity index (χ3v) is 4.03. The van der Waals surface area contributed by atoms with Crippen LogP contribution in [0.25, 0.3) is 0 Å². The van der Waals surface area contributed by atoms with Crippen molar-refractivity contribution in [2.24, 2.45) is 0 Å². The molecule has 7 heteroatoms. The number of anilines is 1. The van der Waals surface area contributed by atoms with Crippen molar-refractivity contribution in [2.75, 3.05) is 23.9 Å². The number of halogens is 1. The third-order valence-electron chi connectivity index (χ3n) is 2.67. The van der Waals surface area contributed by atoms with Crippen LogP contribution in [0.15, 0.2) is 12.1 Å². The molecule has 21 heavy (non-hydrogen) atoms. The number of benzene rings is 1. The molecule has 0 saturated heterocycles. The number of ether oxygens (including phenoxy) is 1. The molecule has 0 unspecified atom stereocenters. The molecule has 0 saturated carbocycles. The second-order valence-corrected chi connectivity index (χ2v) is 5.80. The van der Waals surface area contributed by atoms with Gasteiger partial charge in [0, 0.05) is 6.07 Å². The van der Waals surface area contributed by atoms with Gasteiger partial charge in [0.2, 0.25) is 5.91 Å². The van der Waals surface area contributed by atoms with Crippen LogP contribution in [-0.4, -0.2) is 35.6 Å². The van der Waals surface area contributed by atoms with E-state index in [0.717, 1.165) is 18.6 Å². The lowest BCUT2D eigenvalue weighted by molar-refractivity contribution is -0.113. The van der Waals surface area contributed by atoms with Gasteiger partial charge in [0.1, 0.15) is 11.3 Å². The summed E-state index contributed by atoms with van der Waals surface area (Å²) in [7, 11) is 1.36. The molecule has 1 rings (SSSR count). The van der Waals surface area contributed by atoms with Crippen LogP contribution in [0.1, 0.15) is 30.1 Å². The van der Waals surface area contributed by atoms with E-state index in [1.54, 1.807) is 11.8 Å². The van der Waals surface area contributed by atoms with Gasteiger partial charge < -0.3 is 15.2 Å². The van der Waals surface area contributed by atoms with Crippen molar-refractivity contribution in [3.05, 3.63) is 22.7 Å². The standard InChI is InChI=1S/C14H18ClNO4S/c1-3-4-5-21-8-13(17)16-11-7-12(20-2)9(14(18)19)6-10(11)15/h6-7H,3-5,8H2,1-2H3,(H,16,17)(H,18,19). The van der Waals surface area contributed by atoms with E-state index in [2.05, 4.69) is 12.2 Å². The SMILES string of the molecule is CCCCSCC(=O)Nc1cc(OC)c(C(=O)O)cc1Cl. The van der Waals surface area contributed by atoms with E-state index in [1.165, 1.54) is 19.2 Å². The van der Waals surface area contributed by atoms with Crippen molar-refractivity contribution < 1.29 is 19.4 Å². The highest BCUT2D eigenvalue weighted by molar-refractivity contribution is 7.99. The van der Waals surface area contributed by atoms with Crippen LogP contribution in [-0.2, 0) is 4.79 Å². The van der Waals surface area contributed by atoms with Crippen molar-refractivity contribution in [3.63, 3.8) is 0 Å². The Kier molecular flexibility index (Phi) is 7.39. The highest BCUT2D eigenvalue weighted by Gasteiger charge is 2.16. The normalized spacial score (nSPS) is 10.2. The van der Waals surface area contributed by atoms with Gasteiger partial charge in [0.15, 0.2) is 0 Å². The first-order valence-corrected chi connectivity index (χ1v) is 8.01. The number of aromatic carboxylic acids is 1. The molecule has 0 aliphatic carbocycles. The van der Waals surface area contributed by atoms with Crippen LogP contribution in [0.4, 0.5) is 5.69 Å². The smallest absolute Gasteiger partial charge is 0.339 e. The average molecular weight is 332 g/mol. The van der Waals surface area contributed by atoms with Gasteiger partial charge in [-0.2, -0.15) is 11.8 Å². The van der Waals surface area contributed by atoms with Gasteiger partial charge in [-0.15, -0.1) is 0 Å². The van der Waals surface area contributed by atoms with E-state index < -0.39 is 5.97 Å². The second kappa shape index (κ2) is 8.79. The van der Waals surface area contributed by atoms with Crippen LogP contribution in [0.2, 0.25) is 5.02 Å². The fraction of sp³-hybridized carbons (Fsp3) is 0.429. The predicted molar refractivity (Wildman–Crippen MR) is 85.8 cm³/mol. The zero-order chi connectivity index (χ0) is 15.8. The number of nitrogens with one attached hydrogen (secondary N) is 1. The molecule has 0 atom stereocenters. The van der Waals surface area contributed by atoms with Crippen LogP contribution in [0, 0.1) is 0 Å². The van der Waals surface area contributed by atoms with Gasteiger partial charge in [0.05, 0.1) is 23.6 Å². The summed E-state index contributed by atoms with van der Waals surface area (Å²) in [4.78, 5) is 22.8. The first-order chi connectivity index (χ1) is 9.99. The zero-order valence-corrected chi connectivity index (χ0v) is 13.5. The van der Waals surface area contributed by atoms with Crippen LogP contribution < -0.4 is 10.1 Å². The Morgan fingerprint density at radius 3 is 2.71 bits per heavy atom. The van der Waals surface area contributed by atoms with E-state index in [-0.39, 0.29) is 22.2 Å². The number of amides is 1. The Morgan fingerprint density at radius 2 is 2.14 bits per heavy atom. The molecule has 0 radical (unpaired) electrons. The number of carbonyl (C=O) groups is 2. The number of carbonyl (C=O) groups excluding carboxylic acids is 1. The van der Waals surface area contributed by atoms with Crippen molar-refractivity contribution >= 4 is 40.9 Å². The van der Waals surface area contributed by atoms with Gasteiger partial charge in [-0.25, -0.2) is 4.79 Å². The minimum atomic E-state index is -1.14. The van der Waals surface area contributed by atoms with Crippen molar-refractivity contribution in [3.8, 4) is 5.75 Å². The zero-order valence-electron chi connectivity index (χ0n) is 11.9. The lowest BCUT2D eigenvalue weighted by Gasteiger charge is -2.11. The molecule has 116 valence electrons. The summed E-state index contributed by atoms with van der Waals surface area (Å²) in [5, 5.41) is 11.9. The number of rotatable bonds is 8. The molecule has 0 aromatic heterocycles. The maximum Gasteiger partial charge on any atom is 0.339 e. The van der Waals surface area contributed by atoms with E-state index in [0.29, 0.717) is 11.4 Å². The summed E-state index contributed by atoms with van der Waals surface area (Å²) in [6.07, 6.45) is 2.16. The quantitative estimate of drug-likeness (QED) is 0.713. The van der Waals surface area contributed by atoms with Crippen molar-refractivity contribution in [1.29, 1.82) is 0 Å². The summed E-state index contributed by atoms with van der Waals surface area (Å²) in [5.74, 6) is 0.101. The molecule has 0 heterocycles. The van der Waals surface area contributed by atoms with Crippen LogP contribution >= 0.6 is 23.4 Å². The molecule has 0 spiro atoms. The number of hydrogen-bond acceptors (Lipinski definition) is 4. The number of thioether (sulfide) groups is 1. The first kappa shape index (κ1) is 17.7. The molecule has 2 N–H and O–H groups in total. The van der Waals surface area contributed by atoms with Gasteiger partial charge >= 0.3 is 5.97 Å². The van der Waals surface area contributed by atoms with Gasteiger partial charge in [-0.3, -0.25) is 4.79 Å². The number of hydrogen-bond donors (Lipinski definition) is 2. The largest absolute Gasteiger partial charge is 0.496 e. The summed E-state index contributed by atoms with van der Waals surface area (Å²) in [5.41, 5.74) is 0.303. The molecule has 0 aliphatic heterocycles. The number of methoxy groups -OCH3 is 1. The topological polar surface area (TPSA) is 75.6 Å². The van der Waals surface area contributed by atoms with E-state index in [4.69, 9.17) is 21.4 Å². The average Bonchev–Trinajstić information content (AvgIpc) is 2.45. The second-order valence-electron chi connectivity index (χ2n) is 4.29. The van der Waals surface area contributed by atoms with Crippen LogP contribution in [0.3, 0.4) is 0 Å². The molecule has 0 fully saturated rings. The maximum atomic E-state index is 11.8. The fourth-order valence-corrected chi connectivity index (χ4v) is 2.69. The third kappa shape index (κ3) is 5.47. The highest BCUT2D eigenvalue weighted by atomic mass is 35.5. The van der Waals surface area contributed by atoms with Crippen molar-refractivity contribution in [2.45, 2.75) is 19.8 Å². The van der Waals surface area contributed by atoms with Crippen molar-refractivity contribution in [1.82, 2.24) is 0 Å². The Balaban J connectivity index is 2.75. The Bertz CT molecular complexity index is 522. The minimum Gasteiger partial charge on any atom is -0.496 e. The molecule has 5 nitrogen and oxygen atoms in total. The molecule has 0 bridgehead atoms. The summed E-state index contributed by atoms with van der Waals surface area (Å²) in [6, 6.07) is 2.68. The lowest BCUT2D eigenvalue weighted by Crippen LogP contribution is -2.15. The molecule has 1 aromatic carbocycles. The van der Waals surface area contributed by atoms with E-state index in [9.17, 15) is 9.59 Å². The summed E-state index contributed by atoms with van der Waals surface area (Å²) < 4.78 is 5.00. The predicted octanol–water partition coefficient (Wildman–Crippen LogP) is 3.52. The van der Waals surface area contributed by atoms with Gasteiger partial charge in [-0.1, -0.05) is 24.9 Å². The lowest BCUT2D eigenvalue weighted by atomic mass is 10.2. The Hall–Kier alpha value is -1.40. The first-order valence-electron chi connectivity index (χ1n) is 6.48. The monoisotopic (exact) mass is 331 g/mol. The number of unbranched alkanes of at least 4 members (excludes halogenated alkanes) is 1. The fourth-order valence-electron chi connectivity index (χ4n) is 1.58. The number of carboxylic acids is 1. The maximum absolute atomic E-state index is 11.8. The highest BCUT2D eigenvalue weighted by Crippen LogP contribution is 2.31. The molecule has 1 amide bonds. The minimum absolute atomic E-state index is 0.0437. The molecular weight excluding hydrogens is 314 g/mol. The summed E-state index contributed by atoms with van der Waals surface area (Å²) in [6.45, 7) is 2.09. The summed E-state index contributed by atoms with van der Waals surface area (Å²) >= 11 is 7.54. The van der Waals surface area contributed by atoms with Crippen LogP contribution in [0.5, 0.6) is 5.75 Å². The van der Waals surface area contributed by atoms with Gasteiger partial charge in [-0.05, 0) is 18.2 Å². The Labute approximate surface area is 133 Å². The van der Waals surface area contributed by atoms with Gasteiger partial charge in [0.25, 0.3) is 0 Å². The molecule has 1 aromatic rings. The molecule has 0 aliphatic rings. The van der Waals surface area contributed by atoms with E-state index in [1.807, 2.05) is 0 Å². The number of carboxylic acid groups (broad SMARTS) is 1. The van der Waals surface area contributed by atoms with E-state index >= 15 is 0 Å². The Morgan fingerprint density at radius 1 is 1.43 bits per heavy atom. The molecular formula is C14H18ClNO4S.